The van der Waals surface area contributed by atoms with Crippen molar-refractivity contribution in [3.63, 3.8) is 0 Å². The van der Waals surface area contributed by atoms with E-state index in [0.29, 0.717) is 18.8 Å². The summed E-state index contributed by atoms with van der Waals surface area (Å²) in [5, 5.41) is 0. The number of hydrogen-bond acceptors (Lipinski definition) is 2. The largest absolute Gasteiger partial charge is 0.393 e. The maximum absolute atomic E-state index is 12.8. The van der Waals surface area contributed by atoms with Crippen LogP contribution in [-0.2, 0) is 0 Å². The van der Waals surface area contributed by atoms with Crippen molar-refractivity contribution in [3.05, 3.63) is 30.0 Å². The first-order chi connectivity index (χ1) is 8.91. The van der Waals surface area contributed by atoms with Gasteiger partial charge in [0.05, 0.1) is 5.92 Å². The summed E-state index contributed by atoms with van der Waals surface area (Å²) in [6, 6.07) is 3.62. The Morgan fingerprint density at radius 3 is 2.74 bits per heavy atom. The molecule has 0 spiro atoms. The van der Waals surface area contributed by atoms with E-state index in [0.717, 1.165) is 11.3 Å². The van der Waals surface area contributed by atoms with Crippen molar-refractivity contribution >= 4 is 11.9 Å². The maximum atomic E-state index is 12.8. The van der Waals surface area contributed by atoms with E-state index in [1.54, 1.807) is 17.0 Å². The van der Waals surface area contributed by atoms with E-state index < -0.39 is 12.1 Å². The summed E-state index contributed by atoms with van der Waals surface area (Å²) in [7, 11) is 0. The normalized spacial score (nSPS) is 20.4. The second-order valence-electron chi connectivity index (χ2n) is 4.87. The Labute approximate surface area is 110 Å². The molecule has 1 atom stereocenters. The Balaban J connectivity index is 2.17. The highest BCUT2D eigenvalue weighted by Crippen LogP contribution is 2.34. The predicted molar refractivity (Wildman–Crippen MR) is 70.1 cm³/mol. The lowest BCUT2D eigenvalue weighted by Crippen LogP contribution is -2.42. The lowest BCUT2D eigenvalue weighted by Gasteiger charge is -2.34. The summed E-state index contributed by atoms with van der Waals surface area (Å²) in [5.41, 5.74) is 1.70. The van der Waals surface area contributed by atoms with Crippen molar-refractivity contribution in [3.8, 4) is 0 Å². The summed E-state index contributed by atoms with van der Waals surface area (Å²) < 4.78 is 38.3. The Morgan fingerprint density at radius 2 is 2.16 bits per heavy atom. The fourth-order valence-corrected chi connectivity index (χ4v) is 2.40. The van der Waals surface area contributed by atoms with Crippen molar-refractivity contribution < 1.29 is 13.2 Å². The molecule has 1 aromatic rings. The van der Waals surface area contributed by atoms with Crippen LogP contribution in [0.25, 0.3) is 6.08 Å². The molecule has 0 radical (unpaired) electrons. The van der Waals surface area contributed by atoms with Gasteiger partial charge in [0.1, 0.15) is 5.82 Å². The van der Waals surface area contributed by atoms with E-state index in [1.165, 1.54) is 0 Å². The van der Waals surface area contributed by atoms with Gasteiger partial charge in [0.25, 0.3) is 0 Å². The Kier molecular flexibility index (Phi) is 3.83. The number of anilines is 1. The molecule has 0 N–H and O–H groups in total. The van der Waals surface area contributed by atoms with Crippen LogP contribution in [0.4, 0.5) is 19.0 Å². The Morgan fingerprint density at radius 1 is 1.42 bits per heavy atom. The molecule has 0 saturated carbocycles. The van der Waals surface area contributed by atoms with Crippen molar-refractivity contribution in [2.24, 2.45) is 5.92 Å². The quantitative estimate of drug-likeness (QED) is 0.812. The van der Waals surface area contributed by atoms with Gasteiger partial charge < -0.3 is 4.90 Å². The van der Waals surface area contributed by atoms with Crippen LogP contribution in [0.15, 0.2) is 18.7 Å². The summed E-state index contributed by atoms with van der Waals surface area (Å²) in [6.07, 6.45) is -1.66. The van der Waals surface area contributed by atoms with Crippen LogP contribution >= 0.6 is 0 Å². The number of piperidine rings is 1. The minimum absolute atomic E-state index is 0.00335. The second-order valence-corrected chi connectivity index (χ2v) is 4.87. The van der Waals surface area contributed by atoms with Crippen molar-refractivity contribution in [1.29, 1.82) is 0 Å². The van der Waals surface area contributed by atoms with Gasteiger partial charge in [0.15, 0.2) is 0 Å². The van der Waals surface area contributed by atoms with E-state index in [2.05, 4.69) is 11.6 Å². The minimum Gasteiger partial charge on any atom is -0.356 e. The lowest BCUT2D eigenvalue weighted by molar-refractivity contribution is -0.176. The van der Waals surface area contributed by atoms with Crippen LogP contribution in [0.5, 0.6) is 0 Å². The highest BCUT2D eigenvalue weighted by Gasteiger charge is 2.42. The number of aromatic nitrogens is 1. The highest BCUT2D eigenvalue weighted by molar-refractivity contribution is 5.53. The molecule has 2 rings (SSSR count). The Bertz CT molecular complexity index is 468. The zero-order chi connectivity index (χ0) is 14.0. The highest BCUT2D eigenvalue weighted by atomic mass is 19.4. The van der Waals surface area contributed by atoms with Gasteiger partial charge in [-0.3, -0.25) is 0 Å². The average molecular weight is 270 g/mol. The van der Waals surface area contributed by atoms with Gasteiger partial charge >= 0.3 is 6.18 Å². The molecule has 2 heterocycles. The molecule has 104 valence electrons. The van der Waals surface area contributed by atoms with E-state index >= 15 is 0 Å². The fourth-order valence-electron chi connectivity index (χ4n) is 2.40. The third kappa shape index (κ3) is 3.08. The zero-order valence-corrected chi connectivity index (χ0v) is 10.9. The Hall–Kier alpha value is -1.52. The third-order valence-corrected chi connectivity index (χ3v) is 3.54. The number of nitrogens with zero attached hydrogens (tertiary/aromatic N) is 2. The summed E-state index contributed by atoms with van der Waals surface area (Å²) in [6.45, 7) is 6.15. The average Bonchev–Trinajstić information content (AvgIpc) is 2.38. The molecule has 5 heteroatoms. The van der Waals surface area contributed by atoms with Gasteiger partial charge in [-0.05, 0) is 37.5 Å². The second kappa shape index (κ2) is 5.23. The van der Waals surface area contributed by atoms with E-state index in [4.69, 9.17) is 0 Å². The summed E-state index contributed by atoms with van der Waals surface area (Å²) >= 11 is 0. The van der Waals surface area contributed by atoms with Crippen molar-refractivity contribution in [2.75, 3.05) is 18.0 Å². The van der Waals surface area contributed by atoms with Crippen molar-refractivity contribution in [1.82, 2.24) is 4.98 Å². The standard InChI is InChI=1S/C14H17F3N2/c1-3-11-6-7-13(18-10(11)2)19-8-4-5-12(9-19)14(15,16)17/h3,6-7,12H,1,4-5,8-9H2,2H3. The molecular formula is C14H17F3N2. The molecule has 1 fully saturated rings. The van der Waals surface area contributed by atoms with Crippen LogP contribution in [0.3, 0.4) is 0 Å². The first-order valence-electron chi connectivity index (χ1n) is 6.33. The SMILES string of the molecule is C=Cc1ccc(N2CCCC(C(F)(F)F)C2)nc1C. The van der Waals surface area contributed by atoms with Crippen LogP contribution in [-0.4, -0.2) is 24.2 Å². The van der Waals surface area contributed by atoms with E-state index in [9.17, 15) is 13.2 Å². The van der Waals surface area contributed by atoms with Gasteiger partial charge in [-0.1, -0.05) is 12.7 Å². The molecule has 0 aliphatic carbocycles. The van der Waals surface area contributed by atoms with E-state index in [1.807, 2.05) is 13.0 Å². The summed E-state index contributed by atoms with van der Waals surface area (Å²) in [5.74, 6) is -0.625. The topological polar surface area (TPSA) is 16.1 Å². The number of hydrogen-bond donors (Lipinski definition) is 0. The molecule has 1 aliphatic heterocycles. The first kappa shape index (κ1) is 13.9. The predicted octanol–water partition coefficient (Wildman–Crippen LogP) is 3.81. The molecule has 1 saturated heterocycles. The molecule has 2 nitrogen and oxygen atoms in total. The van der Waals surface area contributed by atoms with Crippen LogP contribution in [0.2, 0.25) is 0 Å². The van der Waals surface area contributed by atoms with Gasteiger partial charge in [0.2, 0.25) is 0 Å². The van der Waals surface area contributed by atoms with Crippen LogP contribution in [0, 0.1) is 12.8 Å². The molecular weight excluding hydrogens is 253 g/mol. The fraction of sp³-hybridized carbons (Fsp3) is 0.500. The smallest absolute Gasteiger partial charge is 0.356 e. The van der Waals surface area contributed by atoms with Gasteiger partial charge in [0, 0.05) is 18.8 Å². The minimum atomic E-state index is -4.12. The number of alkyl halides is 3. The van der Waals surface area contributed by atoms with Gasteiger partial charge in [-0.2, -0.15) is 13.2 Å². The van der Waals surface area contributed by atoms with Crippen LogP contribution in [0.1, 0.15) is 24.1 Å². The molecule has 0 amide bonds. The number of pyridine rings is 1. The van der Waals surface area contributed by atoms with Crippen LogP contribution < -0.4 is 4.90 Å². The monoisotopic (exact) mass is 270 g/mol. The number of aryl methyl sites for hydroxylation is 1. The lowest BCUT2D eigenvalue weighted by atomic mass is 9.97. The van der Waals surface area contributed by atoms with Gasteiger partial charge in [-0.15, -0.1) is 0 Å². The third-order valence-electron chi connectivity index (χ3n) is 3.54. The zero-order valence-electron chi connectivity index (χ0n) is 10.9. The molecule has 1 unspecified atom stereocenters. The molecule has 1 aromatic heterocycles. The molecule has 0 bridgehead atoms. The van der Waals surface area contributed by atoms with Gasteiger partial charge in [-0.25, -0.2) is 4.98 Å². The number of halogens is 3. The molecule has 0 aromatic carbocycles. The number of rotatable bonds is 2. The molecule has 1 aliphatic rings. The maximum Gasteiger partial charge on any atom is 0.393 e. The molecule has 19 heavy (non-hydrogen) atoms. The first-order valence-corrected chi connectivity index (χ1v) is 6.33. The summed E-state index contributed by atoms with van der Waals surface area (Å²) in [4.78, 5) is 6.10. The van der Waals surface area contributed by atoms with E-state index in [-0.39, 0.29) is 13.0 Å². The van der Waals surface area contributed by atoms with Crippen molar-refractivity contribution in [2.45, 2.75) is 25.9 Å².